The molecule has 4 nitrogen and oxygen atoms in total. The molecule has 0 amide bonds. The third-order valence-corrected chi connectivity index (χ3v) is 4.22. The van der Waals surface area contributed by atoms with Gasteiger partial charge in [-0.3, -0.25) is 4.99 Å². The zero-order valence-electron chi connectivity index (χ0n) is 16.3. The molecule has 1 unspecified atom stereocenters. The summed E-state index contributed by atoms with van der Waals surface area (Å²) in [5.41, 5.74) is 4.02. The highest BCUT2D eigenvalue weighted by molar-refractivity contribution is 5.80. The second-order valence-corrected chi connectivity index (χ2v) is 6.86. The van der Waals surface area contributed by atoms with Crippen LogP contribution in [0.4, 0.5) is 4.39 Å². The van der Waals surface area contributed by atoms with Crippen LogP contribution in [0.3, 0.4) is 0 Å². The molecule has 0 radical (unpaired) electrons. The average Bonchev–Trinajstić information content (AvgIpc) is 2.60. The molecule has 1 atom stereocenters. The monoisotopic (exact) mass is 356 g/mol. The largest absolute Gasteiger partial charge is 0.352 e. The van der Waals surface area contributed by atoms with E-state index in [4.69, 9.17) is 0 Å². The lowest BCUT2D eigenvalue weighted by Gasteiger charge is -2.19. The van der Waals surface area contributed by atoms with E-state index in [1.807, 2.05) is 13.0 Å². The average molecular weight is 356 g/mol. The van der Waals surface area contributed by atoms with Gasteiger partial charge in [-0.15, -0.1) is 0 Å². The van der Waals surface area contributed by atoms with Crippen molar-refractivity contribution >= 4 is 5.96 Å². The summed E-state index contributed by atoms with van der Waals surface area (Å²) in [5, 5.41) is 6.64. The highest BCUT2D eigenvalue weighted by atomic mass is 19.1. The van der Waals surface area contributed by atoms with Gasteiger partial charge < -0.3 is 15.5 Å². The summed E-state index contributed by atoms with van der Waals surface area (Å²) >= 11 is 0. The Hall–Kier alpha value is -2.40. The maximum Gasteiger partial charge on any atom is 0.191 e. The Labute approximate surface area is 156 Å². The SMILES string of the molecule is CN=C(NCc1cccc(CN(C)C)c1)NC(C)c1ccc(C)c(F)c1. The Kier molecular flexibility index (Phi) is 7.16. The van der Waals surface area contributed by atoms with Crippen molar-refractivity contribution in [3.63, 3.8) is 0 Å². The van der Waals surface area contributed by atoms with Crippen molar-refractivity contribution in [2.45, 2.75) is 33.0 Å². The van der Waals surface area contributed by atoms with Crippen molar-refractivity contribution in [1.82, 2.24) is 15.5 Å². The second-order valence-electron chi connectivity index (χ2n) is 6.86. The highest BCUT2D eigenvalue weighted by Crippen LogP contribution is 2.16. The number of hydrogen-bond acceptors (Lipinski definition) is 2. The Morgan fingerprint density at radius 1 is 1.15 bits per heavy atom. The van der Waals surface area contributed by atoms with Crippen molar-refractivity contribution in [2.75, 3.05) is 21.1 Å². The van der Waals surface area contributed by atoms with Crippen LogP contribution in [-0.4, -0.2) is 32.0 Å². The molecule has 5 heteroatoms. The number of guanidine groups is 1. The molecule has 0 bridgehead atoms. The number of hydrogen-bond donors (Lipinski definition) is 2. The smallest absolute Gasteiger partial charge is 0.191 e. The first-order valence-electron chi connectivity index (χ1n) is 8.85. The number of aryl methyl sites for hydroxylation is 1. The van der Waals surface area contributed by atoms with E-state index < -0.39 is 0 Å². The van der Waals surface area contributed by atoms with Gasteiger partial charge in [-0.25, -0.2) is 4.39 Å². The van der Waals surface area contributed by atoms with Gasteiger partial charge in [0, 0.05) is 20.1 Å². The van der Waals surface area contributed by atoms with E-state index in [2.05, 4.69) is 58.9 Å². The summed E-state index contributed by atoms with van der Waals surface area (Å²) in [6, 6.07) is 13.8. The molecular formula is C21H29FN4. The van der Waals surface area contributed by atoms with E-state index in [0.29, 0.717) is 18.1 Å². The van der Waals surface area contributed by atoms with Crippen molar-refractivity contribution in [2.24, 2.45) is 4.99 Å². The zero-order valence-corrected chi connectivity index (χ0v) is 16.3. The van der Waals surface area contributed by atoms with E-state index in [1.165, 1.54) is 11.1 Å². The topological polar surface area (TPSA) is 39.7 Å². The molecule has 140 valence electrons. The molecule has 0 aliphatic heterocycles. The van der Waals surface area contributed by atoms with Crippen molar-refractivity contribution in [3.05, 3.63) is 70.5 Å². The van der Waals surface area contributed by atoms with Crippen LogP contribution in [0.1, 0.15) is 35.2 Å². The summed E-state index contributed by atoms with van der Waals surface area (Å²) < 4.78 is 13.8. The number of aliphatic imine (C=N–C) groups is 1. The van der Waals surface area contributed by atoms with Crippen LogP contribution >= 0.6 is 0 Å². The van der Waals surface area contributed by atoms with Gasteiger partial charge in [0.2, 0.25) is 0 Å². The zero-order chi connectivity index (χ0) is 19.1. The van der Waals surface area contributed by atoms with E-state index in [-0.39, 0.29) is 11.9 Å². The van der Waals surface area contributed by atoms with E-state index in [1.54, 1.807) is 26.1 Å². The molecule has 0 fully saturated rings. The third-order valence-electron chi connectivity index (χ3n) is 4.22. The van der Waals surface area contributed by atoms with Crippen LogP contribution in [0.5, 0.6) is 0 Å². The van der Waals surface area contributed by atoms with E-state index in [0.717, 1.165) is 12.1 Å². The first kappa shape index (κ1) is 19.9. The summed E-state index contributed by atoms with van der Waals surface area (Å²) in [5.74, 6) is 0.508. The number of halogens is 1. The van der Waals surface area contributed by atoms with E-state index in [9.17, 15) is 4.39 Å². The lowest BCUT2D eigenvalue weighted by Crippen LogP contribution is -2.38. The molecular weight excluding hydrogens is 327 g/mol. The van der Waals surface area contributed by atoms with Gasteiger partial charge in [0.05, 0.1) is 6.04 Å². The maximum atomic E-state index is 13.8. The summed E-state index contributed by atoms with van der Waals surface area (Å²) in [6.45, 7) is 5.35. The highest BCUT2D eigenvalue weighted by Gasteiger charge is 2.10. The normalized spacial score (nSPS) is 13.0. The molecule has 2 N–H and O–H groups in total. The molecule has 0 aromatic heterocycles. The fourth-order valence-electron chi connectivity index (χ4n) is 2.75. The third kappa shape index (κ3) is 5.85. The molecule has 0 heterocycles. The Morgan fingerprint density at radius 2 is 1.88 bits per heavy atom. The summed E-state index contributed by atoms with van der Waals surface area (Å²) in [6.07, 6.45) is 0. The Morgan fingerprint density at radius 3 is 2.54 bits per heavy atom. The van der Waals surface area contributed by atoms with Crippen molar-refractivity contribution in [3.8, 4) is 0 Å². The molecule has 2 aromatic carbocycles. The number of rotatable bonds is 6. The van der Waals surface area contributed by atoms with Crippen molar-refractivity contribution < 1.29 is 4.39 Å². The predicted molar refractivity (Wildman–Crippen MR) is 107 cm³/mol. The van der Waals surface area contributed by atoms with Crippen LogP contribution in [0, 0.1) is 12.7 Å². The minimum absolute atomic E-state index is 0.0450. The van der Waals surface area contributed by atoms with Crippen LogP contribution in [0.25, 0.3) is 0 Å². The maximum absolute atomic E-state index is 13.8. The summed E-state index contributed by atoms with van der Waals surface area (Å²) in [4.78, 5) is 6.42. The minimum Gasteiger partial charge on any atom is -0.352 e. The lowest BCUT2D eigenvalue weighted by atomic mass is 10.1. The van der Waals surface area contributed by atoms with Crippen LogP contribution < -0.4 is 10.6 Å². The number of nitrogens with one attached hydrogen (secondary N) is 2. The van der Waals surface area contributed by atoms with Crippen LogP contribution in [0.2, 0.25) is 0 Å². The Bertz CT molecular complexity index is 755. The predicted octanol–water partition coefficient (Wildman–Crippen LogP) is 3.62. The minimum atomic E-state index is -0.184. The molecule has 2 aromatic rings. The second kappa shape index (κ2) is 9.34. The summed E-state index contributed by atoms with van der Waals surface area (Å²) in [7, 11) is 5.86. The fraction of sp³-hybridized carbons (Fsp3) is 0.381. The van der Waals surface area contributed by atoms with Gasteiger partial charge in [0.25, 0.3) is 0 Å². The first-order chi connectivity index (χ1) is 12.4. The lowest BCUT2D eigenvalue weighted by molar-refractivity contribution is 0.402. The van der Waals surface area contributed by atoms with Gasteiger partial charge >= 0.3 is 0 Å². The molecule has 0 saturated carbocycles. The van der Waals surface area contributed by atoms with Crippen LogP contribution in [0.15, 0.2) is 47.5 Å². The molecule has 26 heavy (non-hydrogen) atoms. The number of benzene rings is 2. The van der Waals surface area contributed by atoms with E-state index >= 15 is 0 Å². The molecule has 0 aliphatic rings. The van der Waals surface area contributed by atoms with Gasteiger partial charge in [0.1, 0.15) is 5.82 Å². The molecule has 0 saturated heterocycles. The van der Waals surface area contributed by atoms with Gasteiger partial charge in [0.15, 0.2) is 5.96 Å². The Balaban J connectivity index is 1.96. The van der Waals surface area contributed by atoms with Crippen molar-refractivity contribution in [1.29, 1.82) is 0 Å². The molecule has 2 rings (SSSR count). The standard InChI is InChI=1S/C21H29FN4/c1-15-9-10-19(12-20(15)22)16(2)25-21(23-3)24-13-17-7-6-8-18(11-17)14-26(4)5/h6-12,16H,13-14H2,1-5H3,(H2,23,24,25). The van der Waals surface area contributed by atoms with Crippen LogP contribution in [-0.2, 0) is 13.1 Å². The van der Waals surface area contributed by atoms with Gasteiger partial charge in [-0.1, -0.05) is 36.4 Å². The van der Waals surface area contributed by atoms with Gasteiger partial charge in [-0.05, 0) is 56.3 Å². The quantitative estimate of drug-likeness (QED) is 0.613. The first-order valence-corrected chi connectivity index (χ1v) is 8.85. The fourth-order valence-corrected chi connectivity index (χ4v) is 2.75. The molecule has 0 spiro atoms. The molecule has 0 aliphatic carbocycles. The number of nitrogens with zero attached hydrogens (tertiary/aromatic N) is 2. The van der Waals surface area contributed by atoms with Gasteiger partial charge in [-0.2, -0.15) is 0 Å².